The molecule has 1 aliphatic heterocycles. The molecule has 34 heavy (non-hydrogen) atoms. The molecule has 0 unspecified atom stereocenters. The number of nitrogens with one attached hydrogen (secondary N) is 2. The van der Waals surface area contributed by atoms with Gasteiger partial charge < -0.3 is 15.0 Å². The molecule has 0 saturated carbocycles. The molecule has 1 aliphatic rings. The minimum Gasteiger partial charge on any atom is -0.462 e. The van der Waals surface area contributed by atoms with Gasteiger partial charge in [0.25, 0.3) is 0 Å². The van der Waals surface area contributed by atoms with Crippen LogP contribution in [0.4, 0.5) is 5.69 Å². The Morgan fingerprint density at radius 3 is 2.44 bits per heavy atom. The predicted molar refractivity (Wildman–Crippen MR) is 127 cm³/mol. The largest absolute Gasteiger partial charge is 0.462 e. The van der Waals surface area contributed by atoms with Crippen LogP contribution in [0.5, 0.6) is 0 Å². The maximum atomic E-state index is 13.1. The molecule has 1 amide bonds. The first-order valence-electron chi connectivity index (χ1n) is 11.0. The van der Waals surface area contributed by atoms with E-state index in [0.29, 0.717) is 35.0 Å². The first-order valence-corrected chi connectivity index (χ1v) is 12.4. The Morgan fingerprint density at radius 1 is 1.06 bits per heavy atom. The standard InChI is InChI=1S/C24H25N3O6S/c1-2-33-24(30)17-3-6-19(7-4-17)25-23(29)16-11-13-27(14-12-16)34(31,32)20-8-9-21-18(15-20)5-10-22(28)26-21/h3-10,15-16H,2,11-14H2,1H3,(H,25,29)(H,26,28). The SMILES string of the molecule is CCOC(=O)c1ccc(NC(=O)C2CCN(S(=O)(=O)c3ccc4[nH]c(=O)ccc4c3)CC2)cc1. The molecule has 0 spiro atoms. The Hall–Kier alpha value is -3.50. The molecule has 2 N–H and O–H groups in total. The zero-order chi connectivity index (χ0) is 24.3. The van der Waals surface area contributed by atoms with Crippen LogP contribution in [0.25, 0.3) is 10.9 Å². The number of aromatic nitrogens is 1. The molecular formula is C24H25N3O6S. The molecule has 1 saturated heterocycles. The number of aromatic amines is 1. The lowest BCUT2D eigenvalue weighted by atomic mass is 9.97. The number of carbonyl (C=O) groups is 2. The highest BCUT2D eigenvalue weighted by Gasteiger charge is 2.32. The van der Waals surface area contributed by atoms with Gasteiger partial charge in [0, 0.05) is 36.3 Å². The van der Waals surface area contributed by atoms with E-state index in [0.717, 1.165) is 0 Å². The van der Waals surface area contributed by atoms with Crippen molar-refractivity contribution >= 4 is 38.5 Å². The molecule has 2 heterocycles. The van der Waals surface area contributed by atoms with Gasteiger partial charge in [0.15, 0.2) is 0 Å². The van der Waals surface area contributed by atoms with Crippen LogP contribution in [0.2, 0.25) is 0 Å². The van der Waals surface area contributed by atoms with Gasteiger partial charge in [-0.25, -0.2) is 13.2 Å². The van der Waals surface area contributed by atoms with E-state index in [-0.39, 0.29) is 42.0 Å². The number of rotatable bonds is 6. The summed E-state index contributed by atoms with van der Waals surface area (Å²) in [6, 6.07) is 14.0. The summed E-state index contributed by atoms with van der Waals surface area (Å²) in [4.78, 5) is 38.7. The smallest absolute Gasteiger partial charge is 0.338 e. The van der Waals surface area contributed by atoms with Crippen molar-refractivity contribution < 1.29 is 22.7 Å². The van der Waals surface area contributed by atoms with Gasteiger partial charge in [-0.15, -0.1) is 0 Å². The average molecular weight is 484 g/mol. The number of piperidine rings is 1. The number of fused-ring (bicyclic) bond motifs is 1. The van der Waals surface area contributed by atoms with Crippen LogP contribution in [0.1, 0.15) is 30.1 Å². The van der Waals surface area contributed by atoms with Gasteiger partial charge in [-0.2, -0.15) is 4.31 Å². The number of carbonyl (C=O) groups excluding carboxylic acids is 2. The third-order valence-corrected chi connectivity index (χ3v) is 7.72. The van der Waals surface area contributed by atoms with E-state index in [1.54, 1.807) is 49.4 Å². The Bertz CT molecular complexity index is 1370. The van der Waals surface area contributed by atoms with Gasteiger partial charge >= 0.3 is 5.97 Å². The number of pyridine rings is 1. The topological polar surface area (TPSA) is 126 Å². The molecule has 1 aromatic heterocycles. The van der Waals surface area contributed by atoms with Crippen LogP contribution in [-0.4, -0.2) is 49.3 Å². The van der Waals surface area contributed by atoms with Gasteiger partial charge in [0.1, 0.15) is 0 Å². The minimum absolute atomic E-state index is 0.150. The Kier molecular flexibility index (Phi) is 6.80. The number of nitrogens with zero attached hydrogens (tertiary/aromatic N) is 1. The average Bonchev–Trinajstić information content (AvgIpc) is 2.84. The van der Waals surface area contributed by atoms with E-state index in [1.807, 2.05) is 0 Å². The second kappa shape index (κ2) is 9.78. The summed E-state index contributed by atoms with van der Waals surface area (Å²) < 4.78 is 32.6. The van der Waals surface area contributed by atoms with Crippen LogP contribution < -0.4 is 10.9 Å². The first kappa shape index (κ1) is 23.7. The summed E-state index contributed by atoms with van der Waals surface area (Å²) in [5.41, 5.74) is 1.27. The molecule has 178 valence electrons. The van der Waals surface area contributed by atoms with Gasteiger partial charge in [0.05, 0.1) is 17.1 Å². The van der Waals surface area contributed by atoms with Crippen molar-refractivity contribution in [2.45, 2.75) is 24.7 Å². The third-order valence-electron chi connectivity index (χ3n) is 5.82. The number of sulfonamides is 1. The number of benzene rings is 2. The van der Waals surface area contributed by atoms with E-state index in [1.165, 1.54) is 16.4 Å². The van der Waals surface area contributed by atoms with Crippen LogP contribution in [0.15, 0.2) is 64.3 Å². The van der Waals surface area contributed by atoms with Crippen molar-refractivity contribution in [2.24, 2.45) is 5.92 Å². The van der Waals surface area contributed by atoms with Crippen molar-refractivity contribution in [1.29, 1.82) is 0 Å². The van der Waals surface area contributed by atoms with Gasteiger partial charge in [-0.3, -0.25) is 9.59 Å². The molecule has 0 radical (unpaired) electrons. The van der Waals surface area contributed by atoms with Crippen LogP contribution in [0, 0.1) is 5.92 Å². The molecule has 0 bridgehead atoms. The summed E-state index contributed by atoms with van der Waals surface area (Å²) in [6.45, 7) is 2.47. The monoisotopic (exact) mass is 483 g/mol. The number of amides is 1. The summed E-state index contributed by atoms with van der Waals surface area (Å²) in [7, 11) is -3.72. The van der Waals surface area contributed by atoms with Crippen molar-refractivity contribution in [3.05, 3.63) is 70.5 Å². The lowest BCUT2D eigenvalue weighted by molar-refractivity contribution is -0.120. The molecule has 1 fully saturated rings. The Labute approximate surface area is 196 Å². The molecule has 4 rings (SSSR count). The summed E-state index contributed by atoms with van der Waals surface area (Å²) >= 11 is 0. The summed E-state index contributed by atoms with van der Waals surface area (Å²) in [5, 5.41) is 3.46. The fraction of sp³-hybridized carbons (Fsp3) is 0.292. The maximum Gasteiger partial charge on any atom is 0.338 e. The predicted octanol–water partition coefficient (Wildman–Crippen LogP) is 2.74. The normalized spacial score (nSPS) is 15.2. The highest BCUT2D eigenvalue weighted by molar-refractivity contribution is 7.89. The molecule has 9 nitrogen and oxygen atoms in total. The minimum atomic E-state index is -3.72. The van der Waals surface area contributed by atoms with E-state index in [9.17, 15) is 22.8 Å². The molecular weight excluding hydrogens is 458 g/mol. The Balaban J connectivity index is 1.37. The van der Waals surface area contributed by atoms with Crippen LogP contribution in [0.3, 0.4) is 0 Å². The zero-order valence-electron chi connectivity index (χ0n) is 18.6. The second-order valence-electron chi connectivity index (χ2n) is 8.04. The highest BCUT2D eigenvalue weighted by Crippen LogP contribution is 2.26. The zero-order valence-corrected chi connectivity index (χ0v) is 19.4. The van der Waals surface area contributed by atoms with Crippen molar-refractivity contribution in [3.8, 4) is 0 Å². The lowest BCUT2D eigenvalue weighted by Crippen LogP contribution is -2.41. The lowest BCUT2D eigenvalue weighted by Gasteiger charge is -2.30. The van der Waals surface area contributed by atoms with Gasteiger partial charge in [0.2, 0.25) is 21.5 Å². The number of anilines is 1. The number of hydrogen-bond acceptors (Lipinski definition) is 6. The van der Waals surface area contributed by atoms with Crippen molar-refractivity contribution in [2.75, 3.05) is 25.0 Å². The third kappa shape index (κ3) is 5.02. The highest BCUT2D eigenvalue weighted by atomic mass is 32.2. The number of esters is 1. The van der Waals surface area contributed by atoms with E-state index >= 15 is 0 Å². The Morgan fingerprint density at radius 2 is 1.76 bits per heavy atom. The van der Waals surface area contributed by atoms with Gasteiger partial charge in [-0.05, 0) is 73.7 Å². The number of hydrogen-bond donors (Lipinski definition) is 2. The fourth-order valence-electron chi connectivity index (χ4n) is 3.95. The summed E-state index contributed by atoms with van der Waals surface area (Å²) in [5.74, 6) is -0.929. The van der Waals surface area contributed by atoms with Crippen molar-refractivity contribution in [1.82, 2.24) is 9.29 Å². The quantitative estimate of drug-likeness (QED) is 0.520. The molecule has 10 heteroatoms. The number of H-pyrrole nitrogens is 1. The first-order chi connectivity index (χ1) is 16.3. The molecule has 3 aromatic rings. The van der Waals surface area contributed by atoms with Gasteiger partial charge in [-0.1, -0.05) is 0 Å². The second-order valence-corrected chi connectivity index (χ2v) is 9.98. The summed E-state index contributed by atoms with van der Waals surface area (Å²) in [6.07, 6.45) is 0.791. The van der Waals surface area contributed by atoms with E-state index in [2.05, 4.69) is 10.3 Å². The van der Waals surface area contributed by atoms with Crippen LogP contribution >= 0.6 is 0 Å². The van der Waals surface area contributed by atoms with Crippen LogP contribution in [-0.2, 0) is 19.6 Å². The number of ether oxygens (including phenoxy) is 1. The van der Waals surface area contributed by atoms with Crippen molar-refractivity contribution in [3.63, 3.8) is 0 Å². The molecule has 0 aliphatic carbocycles. The maximum absolute atomic E-state index is 13.1. The van der Waals surface area contributed by atoms with E-state index in [4.69, 9.17) is 4.74 Å². The molecule has 2 aromatic carbocycles. The van der Waals surface area contributed by atoms with E-state index < -0.39 is 16.0 Å². The fourth-order valence-corrected chi connectivity index (χ4v) is 5.45. The molecule has 0 atom stereocenters.